The molecular formula is C34H43N3O2S. The van der Waals surface area contributed by atoms with Gasteiger partial charge < -0.3 is 10.2 Å². The molecule has 4 rings (SSSR count). The molecule has 0 atom stereocenters. The SMILES string of the molecule is CCSN(CCCN1CCC(c2cccc(NC(=O)C(C)C)c2)CC1)C(=O)C(c1ccccc1)c1ccccc1. The molecule has 1 fully saturated rings. The van der Waals surface area contributed by atoms with Crippen molar-refractivity contribution in [1.29, 1.82) is 0 Å². The number of likely N-dealkylation sites (tertiary alicyclic amines) is 1. The van der Waals surface area contributed by atoms with Crippen molar-refractivity contribution < 1.29 is 9.59 Å². The van der Waals surface area contributed by atoms with Crippen molar-refractivity contribution in [3.05, 3.63) is 102 Å². The van der Waals surface area contributed by atoms with Crippen LogP contribution in [0.3, 0.4) is 0 Å². The molecule has 5 nitrogen and oxygen atoms in total. The Bertz CT molecular complexity index is 1170. The molecule has 1 heterocycles. The lowest BCUT2D eigenvalue weighted by atomic mass is 9.89. The molecule has 1 N–H and O–H groups in total. The zero-order valence-electron chi connectivity index (χ0n) is 24.1. The fourth-order valence-corrected chi connectivity index (χ4v) is 6.19. The molecule has 3 aromatic carbocycles. The molecule has 40 heavy (non-hydrogen) atoms. The Kier molecular flexibility index (Phi) is 11.2. The Balaban J connectivity index is 1.31. The minimum Gasteiger partial charge on any atom is -0.326 e. The maximum atomic E-state index is 13.9. The van der Waals surface area contributed by atoms with Crippen LogP contribution >= 0.6 is 11.9 Å². The van der Waals surface area contributed by atoms with Gasteiger partial charge >= 0.3 is 0 Å². The van der Waals surface area contributed by atoms with Crippen LogP contribution in [0.4, 0.5) is 5.69 Å². The van der Waals surface area contributed by atoms with E-state index in [9.17, 15) is 9.59 Å². The number of carbonyl (C=O) groups excluding carboxylic acids is 2. The minimum atomic E-state index is -0.293. The largest absolute Gasteiger partial charge is 0.326 e. The normalized spacial score (nSPS) is 14.4. The molecule has 6 heteroatoms. The number of hydrogen-bond donors (Lipinski definition) is 1. The van der Waals surface area contributed by atoms with Crippen molar-refractivity contribution in [2.45, 2.75) is 51.9 Å². The number of nitrogens with one attached hydrogen (secondary N) is 1. The maximum Gasteiger partial charge on any atom is 0.244 e. The molecule has 0 unspecified atom stereocenters. The van der Waals surface area contributed by atoms with Crippen molar-refractivity contribution in [3.63, 3.8) is 0 Å². The molecule has 212 valence electrons. The van der Waals surface area contributed by atoms with Gasteiger partial charge in [0.2, 0.25) is 11.8 Å². The first kappa shape index (κ1) is 29.9. The molecule has 3 aromatic rings. The topological polar surface area (TPSA) is 52.6 Å². The second-order valence-corrected chi connectivity index (χ2v) is 12.1. The van der Waals surface area contributed by atoms with Crippen molar-refractivity contribution in [2.75, 3.05) is 37.2 Å². The Labute approximate surface area is 244 Å². The van der Waals surface area contributed by atoms with Crippen molar-refractivity contribution in [1.82, 2.24) is 9.21 Å². The number of amides is 2. The number of carbonyl (C=O) groups is 2. The predicted molar refractivity (Wildman–Crippen MR) is 168 cm³/mol. The van der Waals surface area contributed by atoms with E-state index in [4.69, 9.17) is 0 Å². The second-order valence-electron chi connectivity index (χ2n) is 10.9. The van der Waals surface area contributed by atoms with Gasteiger partial charge in [-0.3, -0.25) is 13.9 Å². The average Bonchev–Trinajstić information content (AvgIpc) is 2.98. The number of rotatable bonds is 12. The molecule has 1 aliphatic rings. The molecular weight excluding hydrogens is 514 g/mol. The summed E-state index contributed by atoms with van der Waals surface area (Å²) in [5.41, 5.74) is 4.27. The van der Waals surface area contributed by atoms with Crippen LogP contribution < -0.4 is 5.32 Å². The van der Waals surface area contributed by atoms with Crippen LogP contribution in [0.15, 0.2) is 84.9 Å². The molecule has 0 saturated carbocycles. The Morgan fingerprint density at radius 2 is 1.55 bits per heavy atom. The van der Waals surface area contributed by atoms with E-state index in [2.05, 4.69) is 53.5 Å². The summed E-state index contributed by atoms with van der Waals surface area (Å²) in [6.07, 6.45) is 3.17. The van der Waals surface area contributed by atoms with Gasteiger partial charge in [0.1, 0.15) is 0 Å². The first-order valence-corrected chi connectivity index (χ1v) is 15.6. The van der Waals surface area contributed by atoms with Crippen LogP contribution in [0.1, 0.15) is 68.6 Å². The van der Waals surface area contributed by atoms with E-state index < -0.39 is 0 Å². The molecule has 0 aromatic heterocycles. The number of anilines is 1. The summed E-state index contributed by atoms with van der Waals surface area (Å²) in [7, 11) is 0. The molecule has 1 saturated heterocycles. The zero-order chi connectivity index (χ0) is 28.3. The fourth-order valence-electron chi connectivity index (χ4n) is 5.39. The summed E-state index contributed by atoms with van der Waals surface area (Å²) in [5, 5.41) is 3.03. The third-order valence-corrected chi connectivity index (χ3v) is 8.55. The van der Waals surface area contributed by atoms with Gasteiger partial charge in [-0.25, -0.2) is 0 Å². The Hall–Kier alpha value is -3.09. The summed E-state index contributed by atoms with van der Waals surface area (Å²) in [6.45, 7) is 9.78. The van der Waals surface area contributed by atoms with E-state index in [1.165, 1.54) is 5.56 Å². The van der Waals surface area contributed by atoms with Gasteiger partial charge in [0.25, 0.3) is 0 Å². The summed E-state index contributed by atoms with van der Waals surface area (Å²) >= 11 is 1.63. The third kappa shape index (κ3) is 8.21. The van der Waals surface area contributed by atoms with Gasteiger partial charge in [0, 0.05) is 23.9 Å². The summed E-state index contributed by atoms with van der Waals surface area (Å²) in [6, 6.07) is 28.6. The zero-order valence-corrected chi connectivity index (χ0v) is 24.9. The van der Waals surface area contributed by atoms with Crippen molar-refractivity contribution in [2.24, 2.45) is 5.92 Å². The van der Waals surface area contributed by atoms with E-state index in [-0.39, 0.29) is 23.7 Å². The van der Waals surface area contributed by atoms with Gasteiger partial charge in [-0.05, 0) is 85.6 Å². The van der Waals surface area contributed by atoms with Crippen LogP contribution in [-0.2, 0) is 9.59 Å². The summed E-state index contributed by atoms with van der Waals surface area (Å²) in [5.74, 6) is 1.27. The Morgan fingerprint density at radius 1 is 0.925 bits per heavy atom. The highest BCUT2D eigenvalue weighted by molar-refractivity contribution is 7.97. The van der Waals surface area contributed by atoms with Crippen LogP contribution in [0.5, 0.6) is 0 Å². The maximum absolute atomic E-state index is 13.9. The van der Waals surface area contributed by atoms with Gasteiger partial charge in [0.05, 0.1) is 5.92 Å². The molecule has 2 amide bonds. The smallest absolute Gasteiger partial charge is 0.244 e. The van der Waals surface area contributed by atoms with E-state index in [0.29, 0.717) is 5.92 Å². The van der Waals surface area contributed by atoms with Crippen molar-refractivity contribution >= 4 is 29.4 Å². The lowest BCUT2D eigenvalue weighted by Gasteiger charge is -2.33. The highest BCUT2D eigenvalue weighted by Gasteiger charge is 2.28. The van der Waals surface area contributed by atoms with E-state index in [0.717, 1.165) is 68.0 Å². The lowest BCUT2D eigenvalue weighted by Crippen LogP contribution is -2.36. The number of piperidine rings is 1. The number of hydrogen-bond acceptors (Lipinski definition) is 4. The molecule has 1 aliphatic heterocycles. The minimum absolute atomic E-state index is 0.0311. The van der Waals surface area contributed by atoms with Gasteiger partial charge in [-0.1, -0.05) is 93.6 Å². The third-order valence-electron chi connectivity index (χ3n) is 7.62. The van der Waals surface area contributed by atoms with E-state index in [1.54, 1.807) is 11.9 Å². The molecule has 0 spiro atoms. The monoisotopic (exact) mass is 557 g/mol. The van der Waals surface area contributed by atoms with Crippen LogP contribution in [0, 0.1) is 5.92 Å². The van der Waals surface area contributed by atoms with E-state index >= 15 is 0 Å². The summed E-state index contributed by atoms with van der Waals surface area (Å²) < 4.78 is 1.99. The summed E-state index contributed by atoms with van der Waals surface area (Å²) in [4.78, 5) is 28.6. The Morgan fingerprint density at radius 3 is 2.12 bits per heavy atom. The molecule has 0 bridgehead atoms. The molecule has 0 radical (unpaired) electrons. The van der Waals surface area contributed by atoms with Gasteiger partial charge in [-0.2, -0.15) is 0 Å². The van der Waals surface area contributed by atoms with E-state index in [1.807, 2.05) is 66.7 Å². The standard InChI is InChI=1S/C34H43N3O2S/c1-4-40-37(34(39)32(28-13-7-5-8-14-28)29-15-9-6-10-16-29)22-12-21-36-23-19-27(20-24-36)30-17-11-18-31(25-30)35-33(38)26(2)3/h5-11,13-18,25-27,32H,4,12,19-24H2,1-3H3,(H,35,38). The van der Waals surface area contributed by atoms with Gasteiger partial charge in [0.15, 0.2) is 0 Å². The fraction of sp³-hybridized carbons (Fsp3) is 0.412. The van der Waals surface area contributed by atoms with Crippen LogP contribution in [0.25, 0.3) is 0 Å². The molecule has 0 aliphatic carbocycles. The predicted octanol–water partition coefficient (Wildman–Crippen LogP) is 7.18. The quantitative estimate of drug-likeness (QED) is 0.240. The number of benzene rings is 3. The highest BCUT2D eigenvalue weighted by atomic mass is 32.2. The van der Waals surface area contributed by atoms with Gasteiger partial charge in [-0.15, -0.1) is 0 Å². The van der Waals surface area contributed by atoms with Crippen molar-refractivity contribution in [3.8, 4) is 0 Å². The lowest BCUT2D eigenvalue weighted by molar-refractivity contribution is -0.126. The van der Waals surface area contributed by atoms with Crippen LogP contribution in [0.2, 0.25) is 0 Å². The second kappa shape index (κ2) is 15.1. The first-order valence-electron chi connectivity index (χ1n) is 14.6. The number of nitrogens with zero attached hydrogens (tertiary/aromatic N) is 2. The average molecular weight is 558 g/mol. The first-order chi connectivity index (χ1) is 19.5. The van der Waals surface area contributed by atoms with Crippen LogP contribution in [-0.4, -0.2) is 53.0 Å². The highest BCUT2D eigenvalue weighted by Crippen LogP contribution is 2.31.